The SMILES string of the molecule is O=C(Nc1cc(-c2nc3ccccc3s2)ccc1Cl)c1ccccc1F. The van der Waals surface area contributed by atoms with Crippen LogP contribution >= 0.6 is 22.9 Å². The highest BCUT2D eigenvalue weighted by Gasteiger charge is 2.14. The normalized spacial score (nSPS) is 10.8. The van der Waals surface area contributed by atoms with Gasteiger partial charge in [0.2, 0.25) is 0 Å². The lowest BCUT2D eigenvalue weighted by molar-refractivity contribution is 0.102. The van der Waals surface area contributed by atoms with Crippen molar-refractivity contribution in [2.24, 2.45) is 0 Å². The summed E-state index contributed by atoms with van der Waals surface area (Å²) in [6.07, 6.45) is 0. The zero-order valence-electron chi connectivity index (χ0n) is 13.4. The van der Waals surface area contributed by atoms with Crippen LogP contribution in [-0.4, -0.2) is 10.9 Å². The fourth-order valence-corrected chi connectivity index (χ4v) is 3.71. The Labute approximate surface area is 158 Å². The Kier molecular flexibility index (Phi) is 4.41. The van der Waals surface area contributed by atoms with Gasteiger partial charge in [-0.25, -0.2) is 9.37 Å². The molecule has 0 aliphatic carbocycles. The maximum atomic E-state index is 13.8. The van der Waals surface area contributed by atoms with E-state index >= 15 is 0 Å². The molecular weight excluding hydrogens is 371 g/mol. The fraction of sp³-hybridized carbons (Fsp3) is 0. The molecule has 0 radical (unpaired) electrons. The molecule has 1 aromatic heterocycles. The van der Waals surface area contributed by atoms with Crippen molar-refractivity contribution < 1.29 is 9.18 Å². The molecule has 3 nitrogen and oxygen atoms in total. The summed E-state index contributed by atoms with van der Waals surface area (Å²) in [6, 6.07) is 19.0. The van der Waals surface area contributed by atoms with Crippen molar-refractivity contribution in [1.82, 2.24) is 4.98 Å². The Morgan fingerprint density at radius 2 is 1.81 bits per heavy atom. The van der Waals surface area contributed by atoms with Crippen molar-refractivity contribution in [2.45, 2.75) is 0 Å². The van der Waals surface area contributed by atoms with E-state index in [1.54, 1.807) is 29.5 Å². The van der Waals surface area contributed by atoms with Crippen LogP contribution in [0.3, 0.4) is 0 Å². The van der Waals surface area contributed by atoms with Gasteiger partial charge in [0.25, 0.3) is 5.91 Å². The molecular formula is C20H12ClFN2OS. The summed E-state index contributed by atoms with van der Waals surface area (Å²) in [5.74, 6) is -1.13. The predicted octanol–water partition coefficient (Wildman–Crippen LogP) is 6.01. The highest BCUT2D eigenvalue weighted by molar-refractivity contribution is 7.21. The molecule has 1 amide bonds. The molecule has 0 fully saturated rings. The number of hydrogen-bond acceptors (Lipinski definition) is 3. The minimum Gasteiger partial charge on any atom is -0.321 e. The molecule has 4 rings (SSSR count). The number of amides is 1. The molecule has 4 aromatic rings. The van der Waals surface area contributed by atoms with Crippen molar-refractivity contribution in [3.05, 3.63) is 83.1 Å². The first kappa shape index (κ1) is 16.7. The van der Waals surface area contributed by atoms with Gasteiger partial charge >= 0.3 is 0 Å². The summed E-state index contributed by atoms with van der Waals surface area (Å²) < 4.78 is 14.9. The van der Waals surface area contributed by atoms with E-state index in [9.17, 15) is 9.18 Å². The quantitative estimate of drug-likeness (QED) is 0.471. The number of para-hydroxylation sites is 1. The average Bonchev–Trinajstić information content (AvgIpc) is 3.08. The molecule has 0 aliphatic heterocycles. The van der Waals surface area contributed by atoms with E-state index in [1.165, 1.54) is 18.2 Å². The summed E-state index contributed by atoms with van der Waals surface area (Å²) in [7, 11) is 0. The van der Waals surface area contributed by atoms with E-state index in [4.69, 9.17) is 11.6 Å². The maximum absolute atomic E-state index is 13.8. The molecule has 0 spiro atoms. The Hall–Kier alpha value is -2.76. The van der Waals surface area contributed by atoms with E-state index < -0.39 is 11.7 Å². The van der Waals surface area contributed by atoms with Crippen LogP contribution in [0.1, 0.15) is 10.4 Å². The van der Waals surface area contributed by atoms with Crippen molar-refractivity contribution in [1.29, 1.82) is 0 Å². The first-order valence-corrected chi connectivity index (χ1v) is 9.02. The zero-order chi connectivity index (χ0) is 18.1. The molecule has 26 heavy (non-hydrogen) atoms. The average molecular weight is 383 g/mol. The molecule has 3 aromatic carbocycles. The maximum Gasteiger partial charge on any atom is 0.258 e. The summed E-state index contributed by atoms with van der Waals surface area (Å²) in [4.78, 5) is 17.0. The van der Waals surface area contributed by atoms with Gasteiger partial charge in [-0.05, 0) is 36.4 Å². The number of halogens is 2. The summed E-state index contributed by atoms with van der Waals surface area (Å²) in [5, 5.41) is 3.88. The van der Waals surface area contributed by atoms with E-state index in [0.29, 0.717) is 10.7 Å². The number of hydrogen-bond donors (Lipinski definition) is 1. The van der Waals surface area contributed by atoms with E-state index in [0.717, 1.165) is 20.8 Å². The van der Waals surface area contributed by atoms with Gasteiger partial charge in [-0.15, -0.1) is 11.3 Å². The molecule has 0 saturated carbocycles. The van der Waals surface area contributed by atoms with Gasteiger partial charge in [-0.2, -0.15) is 0 Å². The van der Waals surface area contributed by atoms with Crippen LogP contribution in [-0.2, 0) is 0 Å². The Morgan fingerprint density at radius 3 is 2.62 bits per heavy atom. The van der Waals surface area contributed by atoms with Gasteiger partial charge in [-0.3, -0.25) is 4.79 Å². The second kappa shape index (κ2) is 6.86. The number of nitrogens with one attached hydrogen (secondary N) is 1. The minimum atomic E-state index is -0.580. The van der Waals surface area contributed by atoms with Crippen LogP contribution in [0.4, 0.5) is 10.1 Å². The number of benzene rings is 3. The topological polar surface area (TPSA) is 42.0 Å². The van der Waals surface area contributed by atoms with Crippen molar-refractivity contribution in [3.63, 3.8) is 0 Å². The number of carbonyl (C=O) groups is 1. The monoisotopic (exact) mass is 382 g/mol. The summed E-state index contributed by atoms with van der Waals surface area (Å²) in [6.45, 7) is 0. The molecule has 0 aliphatic rings. The standard InChI is InChI=1S/C20H12ClFN2OS/c21-14-10-9-12(20-24-16-7-3-4-8-18(16)26-20)11-17(14)23-19(25)13-5-1-2-6-15(13)22/h1-11H,(H,23,25). The van der Waals surface area contributed by atoms with Gasteiger partial charge in [0.1, 0.15) is 10.8 Å². The van der Waals surface area contributed by atoms with Gasteiger partial charge in [0, 0.05) is 5.56 Å². The molecule has 0 saturated heterocycles. The van der Waals surface area contributed by atoms with Crippen LogP contribution in [0.25, 0.3) is 20.8 Å². The lowest BCUT2D eigenvalue weighted by Gasteiger charge is -2.09. The van der Waals surface area contributed by atoms with Crippen molar-refractivity contribution >= 4 is 44.7 Å². The van der Waals surface area contributed by atoms with Gasteiger partial charge in [0.05, 0.1) is 26.5 Å². The smallest absolute Gasteiger partial charge is 0.258 e. The second-order valence-corrected chi connectivity index (χ2v) is 7.05. The third-order valence-electron chi connectivity index (χ3n) is 3.87. The van der Waals surface area contributed by atoms with Crippen LogP contribution in [0.15, 0.2) is 66.7 Å². The number of carbonyl (C=O) groups excluding carboxylic acids is 1. The Morgan fingerprint density at radius 1 is 1.04 bits per heavy atom. The highest BCUT2D eigenvalue weighted by Crippen LogP contribution is 2.34. The lowest BCUT2D eigenvalue weighted by Crippen LogP contribution is -2.14. The molecule has 6 heteroatoms. The molecule has 1 N–H and O–H groups in total. The highest BCUT2D eigenvalue weighted by atomic mass is 35.5. The van der Waals surface area contributed by atoms with Crippen LogP contribution in [0.2, 0.25) is 5.02 Å². The number of fused-ring (bicyclic) bond motifs is 1. The first-order valence-electron chi connectivity index (χ1n) is 7.83. The largest absolute Gasteiger partial charge is 0.321 e. The minimum absolute atomic E-state index is 0.0334. The van der Waals surface area contributed by atoms with Crippen LogP contribution in [0, 0.1) is 5.82 Å². The molecule has 0 atom stereocenters. The number of rotatable bonds is 3. The number of aromatic nitrogens is 1. The van der Waals surface area contributed by atoms with Crippen LogP contribution < -0.4 is 5.32 Å². The number of anilines is 1. The second-order valence-electron chi connectivity index (χ2n) is 5.62. The zero-order valence-corrected chi connectivity index (χ0v) is 14.9. The predicted molar refractivity (Wildman–Crippen MR) is 104 cm³/mol. The molecule has 128 valence electrons. The van der Waals surface area contributed by atoms with Crippen molar-refractivity contribution in [2.75, 3.05) is 5.32 Å². The molecule has 1 heterocycles. The molecule has 0 unspecified atom stereocenters. The third-order valence-corrected chi connectivity index (χ3v) is 5.29. The van der Waals surface area contributed by atoms with Gasteiger partial charge in [-0.1, -0.05) is 41.9 Å². The van der Waals surface area contributed by atoms with E-state index in [1.807, 2.05) is 30.3 Å². The van der Waals surface area contributed by atoms with Gasteiger partial charge in [0.15, 0.2) is 0 Å². The van der Waals surface area contributed by atoms with Crippen molar-refractivity contribution in [3.8, 4) is 10.6 Å². The third kappa shape index (κ3) is 3.19. The van der Waals surface area contributed by atoms with E-state index in [-0.39, 0.29) is 5.56 Å². The van der Waals surface area contributed by atoms with Gasteiger partial charge < -0.3 is 5.32 Å². The lowest BCUT2D eigenvalue weighted by atomic mass is 10.1. The van der Waals surface area contributed by atoms with Crippen LogP contribution in [0.5, 0.6) is 0 Å². The number of thiazole rings is 1. The van der Waals surface area contributed by atoms with E-state index in [2.05, 4.69) is 10.3 Å². The summed E-state index contributed by atoms with van der Waals surface area (Å²) in [5.41, 5.74) is 2.13. The summed E-state index contributed by atoms with van der Waals surface area (Å²) >= 11 is 7.76. The fourth-order valence-electron chi connectivity index (χ4n) is 2.58. The number of nitrogens with zero attached hydrogens (tertiary/aromatic N) is 1. The first-order chi connectivity index (χ1) is 12.6. The Balaban J connectivity index is 1.68. The molecule has 0 bridgehead atoms. The Bertz CT molecular complexity index is 1090.